The standard InChI is InChI=1S/C15H27N5O/c1-5-20-8-6-11(7-9-20)10-16-13(21)12-17-14(19-18-12)15(2,3)4/h11H,5-10H2,1-4H3,(H,16,21)(H,17,18,19). The Balaban J connectivity index is 1.81. The van der Waals surface area contributed by atoms with Gasteiger partial charge in [-0.15, -0.1) is 5.10 Å². The summed E-state index contributed by atoms with van der Waals surface area (Å²) in [5.41, 5.74) is -0.126. The van der Waals surface area contributed by atoms with E-state index in [0.717, 1.165) is 44.8 Å². The van der Waals surface area contributed by atoms with Crippen molar-refractivity contribution in [2.45, 2.75) is 46.0 Å². The van der Waals surface area contributed by atoms with Crippen LogP contribution in [0.4, 0.5) is 0 Å². The van der Waals surface area contributed by atoms with Gasteiger partial charge in [-0.3, -0.25) is 9.89 Å². The molecule has 6 heteroatoms. The van der Waals surface area contributed by atoms with Crippen molar-refractivity contribution >= 4 is 5.91 Å². The van der Waals surface area contributed by atoms with Crippen molar-refractivity contribution in [3.63, 3.8) is 0 Å². The first kappa shape index (κ1) is 15.9. The minimum atomic E-state index is -0.181. The van der Waals surface area contributed by atoms with Gasteiger partial charge in [-0.25, -0.2) is 4.98 Å². The molecule has 0 saturated carbocycles. The van der Waals surface area contributed by atoms with Gasteiger partial charge in [0.2, 0.25) is 5.82 Å². The Kier molecular flexibility index (Phi) is 4.98. The van der Waals surface area contributed by atoms with E-state index in [1.165, 1.54) is 0 Å². The molecule has 1 aliphatic heterocycles. The lowest BCUT2D eigenvalue weighted by Gasteiger charge is -2.30. The molecular weight excluding hydrogens is 266 g/mol. The van der Waals surface area contributed by atoms with Crippen LogP contribution in [0.3, 0.4) is 0 Å². The first-order chi connectivity index (χ1) is 9.90. The number of hydrogen-bond donors (Lipinski definition) is 2. The number of amides is 1. The zero-order chi connectivity index (χ0) is 15.5. The Hall–Kier alpha value is -1.43. The van der Waals surface area contributed by atoms with E-state index in [1.54, 1.807) is 0 Å². The fourth-order valence-electron chi connectivity index (χ4n) is 2.52. The van der Waals surface area contributed by atoms with E-state index >= 15 is 0 Å². The van der Waals surface area contributed by atoms with E-state index in [4.69, 9.17) is 0 Å². The highest BCUT2D eigenvalue weighted by Gasteiger charge is 2.22. The molecule has 2 N–H and O–H groups in total. The van der Waals surface area contributed by atoms with Crippen LogP contribution in [0.15, 0.2) is 0 Å². The third kappa shape index (κ3) is 4.27. The number of nitrogens with zero attached hydrogens (tertiary/aromatic N) is 3. The number of rotatable bonds is 4. The molecule has 0 aromatic carbocycles. The van der Waals surface area contributed by atoms with Crippen molar-refractivity contribution in [1.29, 1.82) is 0 Å². The first-order valence-corrected chi connectivity index (χ1v) is 7.83. The van der Waals surface area contributed by atoms with Crippen molar-refractivity contribution in [2.24, 2.45) is 5.92 Å². The molecule has 21 heavy (non-hydrogen) atoms. The number of likely N-dealkylation sites (tertiary alicyclic amines) is 1. The van der Waals surface area contributed by atoms with Crippen LogP contribution in [0.2, 0.25) is 0 Å². The average Bonchev–Trinajstić information content (AvgIpc) is 2.95. The highest BCUT2D eigenvalue weighted by Crippen LogP contribution is 2.18. The Morgan fingerprint density at radius 3 is 2.57 bits per heavy atom. The topological polar surface area (TPSA) is 73.9 Å². The minimum absolute atomic E-state index is 0.126. The maximum Gasteiger partial charge on any atom is 0.290 e. The largest absolute Gasteiger partial charge is 0.349 e. The fraction of sp³-hybridized carbons (Fsp3) is 0.800. The van der Waals surface area contributed by atoms with Gasteiger partial charge in [-0.2, -0.15) is 0 Å². The lowest BCUT2D eigenvalue weighted by molar-refractivity contribution is 0.0927. The molecule has 1 saturated heterocycles. The Bertz CT molecular complexity index is 469. The van der Waals surface area contributed by atoms with Crippen molar-refractivity contribution in [2.75, 3.05) is 26.2 Å². The molecule has 1 fully saturated rings. The molecule has 2 heterocycles. The van der Waals surface area contributed by atoms with Gasteiger partial charge in [-0.05, 0) is 38.4 Å². The van der Waals surface area contributed by atoms with Gasteiger partial charge in [-0.1, -0.05) is 27.7 Å². The summed E-state index contributed by atoms with van der Waals surface area (Å²) in [4.78, 5) is 18.8. The second-order valence-corrected chi connectivity index (χ2v) is 6.85. The summed E-state index contributed by atoms with van der Waals surface area (Å²) in [6.45, 7) is 12.4. The summed E-state index contributed by atoms with van der Waals surface area (Å²) >= 11 is 0. The highest BCUT2D eigenvalue weighted by molar-refractivity contribution is 5.90. The molecule has 2 rings (SSSR count). The van der Waals surface area contributed by atoms with Crippen LogP contribution in [-0.4, -0.2) is 52.2 Å². The quantitative estimate of drug-likeness (QED) is 0.883. The Morgan fingerprint density at radius 1 is 1.38 bits per heavy atom. The molecule has 118 valence electrons. The molecule has 1 aromatic rings. The number of aromatic amines is 1. The van der Waals surface area contributed by atoms with E-state index in [-0.39, 0.29) is 17.1 Å². The Morgan fingerprint density at radius 2 is 2.05 bits per heavy atom. The number of hydrogen-bond acceptors (Lipinski definition) is 4. The maximum absolute atomic E-state index is 12.1. The van der Waals surface area contributed by atoms with Crippen molar-refractivity contribution in [3.05, 3.63) is 11.6 Å². The molecule has 0 aliphatic carbocycles. The van der Waals surface area contributed by atoms with E-state index < -0.39 is 0 Å². The summed E-state index contributed by atoms with van der Waals surface area (Å²) in [6.07, 6.45) is 2.30. The van der Waals surface area contributed by atoms with Crippen molar-refractivity contribution in [3.8, 4) is 0 Å². The van der Waals surface area contributed by atoms with Gasteiger partial charge in [0.25, 0.3) is 5.91 Å². The number of H-pyrrole nitrogens is 1. The van der Waals surface area contributed by atoms with Gasteiger partial charge in [0, 0.05) is 12.0 Å². The number of carbonyl (C=O) groups excluding carboxylic acids is 1. The van der Waals surface area contributed by atoms with E-state index in [9.17, 15) is 4.79 Å². The third-order valence-electron chi connectivity index (χ3n) is 4.10. The second kappa shape index (κ2) is 6.56. The highest BCUT2D eigenvalue weighted by atomic mass is 16.2. The Labute approximate surface area is 126 Å². The van der Waals surface area contributed by atoms with E-state index in [2.05, 4.69) is 32.3 Å². The zero-order valence-electron chi connectivity index (χ0n) is 13.6. The maximum atomic E-state index is 12.1. The summed E-state index contributed by atoms with van der Waals surface area (Å²) in [6, 6.07) is 0. The molecule has 1 aliphatic rings. The predicted molar refractivity (Wildman–Crippen MR) is 82.3 cm³/mol. The summed E-state index contributed by atoms with van der Waals surface area (Å²) in [7, 11) is 0. The monoisotopic (exact) mass is 293 g/mol. The molecular formula is C15H27N5O. The van der Waals surface area contributed by atoms with Crippen LogP contribution < -0.4 is 5.32 Å². The number of carbonyl (C=O) groups is 1. The van der Waals surface area contributed by atoms with Gasteiger partial charge in [0.05, 0.1) is 0 Å². The van der Waals surface area contributed by atoms with Crippen LogP contribution >= 0.6 is 0 Å². The summed E-state index contributed by atoms with van der Waals surface area (Å²) in [5.74, 6) is 1.37. The van der Waals surface area contributed by atoms with Crippen LogP contribution in [0.1, 0.15) is 57.0 Å². The van der Waals surface area contributed by atoms with Crippen molar-refractivity contribution < 1.29 is 4.79 Å². The normalized spacial score (nSPS) is 17.9. The minimum Gasteiger partial charge on any atom is -0.349 e. The van der Waals surface area contributed by atoms with Gasteiger partial charge in [0.15, 0.2) is 0 Å². The van der Waals surface area contributed by atoms with Crippen LogP contribution in [0.25, 0.3) is 0 Å². The number of nitrogens with one attached hydrogen (secondary N) is 2. The van der Waals surface area contributed by atoms with Gasteiger partial charge < -0.3 is 10.2 Å². The van der Waals surface area contributed by atoms with Crippen molar-refractivity contribution in [1.82, 2.24) is 25.4 Å². The molecule has 0 unspecified atom stereocenters. The van der Waals surface area contributed by atoms with Gasteiger partial charge >= 0.3 is 0 Å². The second-order valence-electron chi connectivity index (χ2n) is 6.85. The van der Waals surface area contributed by atoms with Crippen LogP contribution in [0.5, 0.6) is 0 Å². The summed E-state index contributed by atoms with van der Waals surface area (Å²) in [5, 5.41) is 9.83. The number of piperidine rings is 1. The lowest BCUT2D eigenvalue weighted by Crippen LogP contribution is -2.38. The molecule has 0 atom stereocenters. The van der Waals surface area contributed by atoms with E-state index in [1.807, 2.05) is 20.8 Å². The zero-order valence-corrected chi connectivity index (χ0v) is 13.6. The van der Waals surface area contributed by atoms with E-state index in [0.29, 0.717) is 5.92 Å². The fourth-order valence-corrected chi connectivity index (χ4v) is 2.52. The molecule has 6 nitrogen and oxygen atoms in total. The lowest BCUT2D eigenvalue weighted by atomic mass is 9.96. The van der Waals surface area contributed by atoms with Crippen LogP contribution in [-0.2, 0) is 5.41 Å². The molecule has 1 amide bonds. The number of aromatic nitrogens is 3. The third-order valence-corrected chi connectivity index (χ3v) is 4.10. The molecule has 0 spiro atoms. The predicted octanol–water partition coefficient (Wildman–Crippen LogP) is 1.56. The smallest absolute Gasteiger partial charge is 0.290 e. The SMILES string of the molecule is CCN1CCC(CNC(=O)c2n[nH]c(C(C)(C)C)n2)CC1. The van der Waals surface area contributed by atoms with Crippen LogP contribution in [0, 0.1) is 5.92 Å². The molecule has 1 aromatic heterocycles. The van der Waals surface area contributed by atoms with Gasteiger partial charge in [0.1, 0.15) is 5.82 Å². The average molecular weight is 293 g/mol. The first-order valence-electron chi connectivity index (χ1n) is 7.83. The summed E-state index contributed by atoms with van der Waals surface area (Å²) < 4.78 is 0. The molecule has 0 radical (unpaired) electrons. The molecule has 0 bridgehead atoms.